The van der Waals surface area contributed by atoms with Crippen molar-refractivity contribution in [2.45, 2.75) is 65.5 Å². The normalized spacial score (nSPS) is 14.2. The number of anilines is 2. The van der Waals surface area contributed by atoms with E-state index in [1.807, 2.05) is 31.2 Å². The van der Waals surface area contributed by atoms with Crippen LogP contribution in [0.2, 0.25) is 0 Å². The first-order chi connectivity index (χ1) is 23.7. The van der Waals surface area contributed by atoms with E-state index >= 15 is 0 Å². The van der Waals surface area contributed by atoms with Gasteiger partial charge in [0, 0.05) is 24.5 Å². The molecule has 4 N–H and O–H groups in total. The highest BCUT2D eigenvalue weighted by Gasteiger charge is 2.51. The van der Waals surface area contributed by atoms with Crippen LogP contribution < -0.4 is 21.3 Å². The van der Waals surface area contributed by atoms with Crippen LogP contribution in [0.5, 0.6) is 0 Å². The molecule has 0 saturated carbocycles. The number of hydrogen-bond donors (Lipinski definition) is 4. The number of carbonyl (C=O) groups excluding carboxylic acids is 6. The summed E-state index contributed by atoms with van der Waals surface area (Å²) >= 11 is 0. The summed E-state index contributed by atoms with van der Waals surface area (Å²) in [5, 5.41) is 10.5. The number of amides is 7. The Morgan fingerprint density at radius 3 is 2.16 bits per heavy atom. The molecule has 50 heavy (non-hydrogen) atoms. The SMILES string of the molecule is Cc1ccccc1NC(=O)Nc1ccc(CN2C(=O)N(CC(=O)NCC(NC(=O)OCc3ccccc3)C(=O)OC(C)C)C(=O)C2(C)C)cc1. The Morgan fingerprint density at radius 1 is 0.840 bits per heavy atom. The van der Waals surface area contributed by atoms with Crippen molar-refractivity contribution in [1.82, 2.24) is 20.4 Å². The van der Waals surface area contributed by atoms with Gasteiger partial charge in [0.2, 0.25) is 5.91 Å². The number of urea groups is 2. The zero-order chi connectivity index (χ0) is 36.4. The number of rotatable bonds is 13. The summed E-state index contributed by atoms with van der Waals surface area (Å²) in [4.78, 5) is 79.5. The van der Waals surface area contributed by atoms with Crippen LogP contribution in [-0.2, 0) is 37.0 Å². The predicted octanol–water partition coefficient (Wildman–Crippen LogP) is 4.54. The van der Waals surface area contributed by atoms with E-state index in [1.54, 1.807) is 82.3 Å². The molecule has 4 rings (SSSR count). The fourth-order valence-electron chi connectivity index (χ4n) is 5.03. The minimum Gasteiger partial charge on any atom is -0.461 e. The van der Waals surface area contributed by atoms with Crippen molar-refractivity contribution in [2.24, 2.45) is 0 Å². The van der Waals surface area contributed by atoms with E-state index in [-0.39, 0.29) is 19.7 Å². The lowest BCUT2D eigenvalue weighted by molar-refractivity contribution is -0.149. The summed E-state index contributed by atoms with van der Waals surface area (Å²) in [5.41, 5.74) is 2.28. The molecule has 1 aliphatic rings. The van der Waals surface area contributed by atoms with Crippen molar-refractivity contribution in [3.63, 3.8) is 0 Å². The van der Waals surface area contributed by atoms with Crippen LogP contribution in [0.1, 0.15) is 44.4 Å². The zero-order valence-corrected chi connectivity index (χ0v) is 28.6. The molecule has 1 unspecified atom stereocenters. The van der Waals surface area contributed by atoms with E-state index in [0.717, 1.165) is 16.0 Å². The Bertz CT molecular complexity index is 1710. The van der Waals surface area contributed by atoms with Gasteiger partial charge < -0.3 is 35.6 Å². The third-order valence-corrected chi connectivity index (χ3v) is 7.80. The number of benzene rings is 3. The Balaban J connectivity index is 1.32. The van der Waals surface area contributed by atoms with E-state index in [2.05, 4.69) is 21.3 Å². The lowest BCUT2D eigenvalue weighted by Gasteiger charge is -2.27. The molecule has 1 aliphatic heterocycles. The maximum Gasteiger partial charge on any atom is 0.408 e. The molecule has 0 bridgehead atoms. The van der Waals surface area contributed by atoms with E-state index in [9.17, 15) is 28.8 Å². The van der Waals surface area contributed by atoms with Gasteiger partial charge >= 0.3 is 24.1 Å². The third kappa shape index (κ3) is 9.81. The Hall–Kier alpha value is -5.92. The van der Waals surface area contributed by atoms with Crippen molar-refractivity contribution in [1.29, 1.82) is 0 Å². The van der Waals surface area contributed by atoms with E-state index in [4.69, 9.17) is 9.47 Å². The summed E-state index contributed by atoms with van der Waals surface area (Å²) in [7, 11) is 0. The number of esters is 1. The molecule has 0 aromatic heterocycles. The fourth-order valence-corrected chi connectivity index (χ4v) is 5.03. The van der Waals surface area contributed by atoms with Crippen LogP contribution in [0.25, 0.3) is 0 Å². The lowest BCUT2D eigenvalue weighted by atomic mass is 10.0. The van der Waals surface area contributed by atoms with Gasteiger partial charge in [-0.05, 0) is 69.5 Å². The molecule has 1 fully saturated rings. The number of alkyl carbamates (subject to hydrolysis) is 1. The average molecular weight is 687 g/mol. The third-order valence-electron chi connectivity index (χ3n) is 7.80. The summed E-state index contributed by atoms with van der Waals surface area (Å²) in [6.07, 6.45) is -1.39. The number of ether oxygens (including phenoxy) is 2. The van der Waals surface area contributed by atoms with Gasteiger partial charge in [-0.25, -0.2) is 19.2 Å². The second kappa shape index (κ2) is 16.5. The van der Waals surface area contributed by atoms with Crippen molar-refractivity contribution in [3.05, 3.63) is 95.6 Å². The molecule has 3 aromatic rings. The molecule has 3 aromatic carbocycles. The van der Waals surface area contributed by atoms with E-state index in [1.165, 1.54) is 4.90 Å². The largest absolute Gasteiger partial charge is 0.461 e. The molecule has 1 saturated heterocycles. The summed E-state index contributed by atoms with van der Waals surface area (Å²) < 4.78 is 10.4. The van der Waals surface area contributed by atoms with Gasteiger partial charge in [-0.15, -0.1) is 0 Å². The number of carbonyl (C=O) groups is 6. The highest BCUT2D eigenvalue weighted by atomic mass is 16.6. The van der Waals surface area contributed by atoms with Gasteiger partial charge in [0.1, 0.15) is 24.7 Å². The smallest absolute Gasteiger partial charge is 0.408 e. The first-order valence-corrected chi connectivity index (χ1v) is 16.0. The van der Waals surface area contributed by atoms with Crippen molar-refractivity contribution >= 4 is 47.3 Å². The first-order valence-electron chi connectivity index (χ1n) is 16.0. The molecular weight excluding hydrogens is 644 g/mol. The number of para-hydroxylation sites is 1. The van der Waals surface area contributed by atoms with Crippen molar-refractivity contribution in [2.75, 3.05) is 23.7 Å². The first kappa shape index (κ1) is 36.9. The van der Waals surface area contributed by atoms with Crippen LogP contribution in [0.4, 0.5) is 25.8 Å². The number of hydrogen-bond acceptors (Lipinski definition) is 8. The maximum atomic E-state index is 13.4. The van der Waals surface area contributed by atoms with Gasteiger partial charge in [0.25, 0.3) is 5.91 Å². The zero-order valence-electron chi connectivity index (χ0n) is 28.6. The average Bonchev–Trinajstić information content (AvgIpc) is 3.22. The minimum atomic E-state index is -1.30. The van der Waals surface area contributed by atoms with Crippen LogP contribution in [-0.4, -0.2) is 76.5 Å². The second-order valence-corrected chi connectivity index (χ2v) is 12.5. The molecule has 7 amide bonds. The van der Waals surface area contributed by atoms with Crippen LogP contribution in [0.3, 0.4) is 0 Å². The molecule has 1 atom stereocenters. The standard InChI is InChI=1S/C36H42N6O8/c1-23(2)50-31(44)29(40-34(47)49-22-26-12-7-6-8-13-26)19-37-30(43)21-41-32(45)36(4,5)42(35(41)48)20-25-15-17-27(18-16-25)38-33(46)39-28-14-10-9-11-24(28)3/h6-18,23,29H,19-22H2,1-5H3,(H,37,43)(H,40,47)(H2,38,39,46). The number of aryl methyl sites for hydroxylation is 1. The molecule has 14 nitrogen and oxygen atoms in total. The second-order valence-electron chi connectivity index (χ2n) is 12.5. The maximum absolute atomic E-state index is 13.4. The summed E-state index contributed by atoms with van der Waals surface area (Å²) in [6.45, 7) is 7.36. The summed E-state index contributed by atoms with van der Waals surface area (Å²) in [5.74, 6) is -2.11. The van der Waals surface area contributed by atoms with Crippen molar-refractivity contribution in [3.8, 4) is 0 Å². The topological polar surface area (TPSA) is 175 Å². The monoisotopic (exact) mass is 686 g/mol. The van der Waals surface area contributed by atoms with Crippen LogP contribution >= 0.6 is 0 Å². The predicted molar refractivity (Wildman–Crippen MR) is 185 cm³/mol. The number of imide groups is 1. The summed E-state index contributed by atoms with van der Waals surface area (Å²) in [6, 6.07) is 20.7. The molecule has 264 valence electrons. The van der Waals surface area contributed by atoms with Crippen LogP contribution in [0.15, 0.2) is 78.9 Å². The molecule has 0 spiro atoms. The molecule has 1 heterocycles. The van der Waals surface area contributed by atoms with Gasteiger partial charge in [0.15, 0.2) is 0 Å². The highest BCUT2D eigenvalue weighted by molar-refractivity contribution is 6.08. The molecule has 0 radical (unpaired) electrons. The van der Waals surface area contributed by atoms with Crippen LogP contribution in [0, 0.1) is 6.92 Å². The van der Waals surface area contributed by atoms with Gasteiger partial charge in [-0.3, -0.25) is 14.5 Å². The van der Waals surface area contributed by atoms with Gasteiger partial charge in [-0.2, -0.15) is 0 Å². The minimum absolute atomic E-state index is 0.0386. The van der Waals surface area contributed by atoms with E-state index in [0.29, 0.717) is 16.9 Å². The number of nitrogens with zero attached hydrogens (tertiary/aromatic N) is 2. The molecule has 0 aliphatic carbocycles. The lowest BCUT2D eigenvalue weighted by Crippen LogP contribution is -2.51. The Labute approximate surface area is 290 Å². The van der Waals surface area contributed by atoms with Crippen molar-refractivity contribution < 1.29 is 38.2 Å². The van der Waals surface area contributed by atoms with Gasteiger partial charge in [-0.1, -0.05) is 60.7 Å². The molecular formula is C36H42N6O8. The van der Waals surface area contributed by atoms with E-state index < -0.39 is 60.2 Å². The number of nitrogens with one attached hydrogen (secondary N) is 4. The fraction of sp³-hybridized carbons (Fsp3) is 0.333. The Morgan fingerprint density at radius 2 is 1.50 bits per heavy atom. The Kier molecular flexibility index (Phi) is 12.1. The van der Waals surface area contributed by atoms with Gasteiger partial charge in [0.05, 0.1) is 6.10 Å². The molecule has 14 heteroatoms. The highest BCUT2D eigenvalue weighted by Crippen LogP contribution is 2.29. The quantitative estimate of drug-likeness (QED) is 0.150.